The average molecular weight is 839 g/mol. The maximum atomic E-state index is 13.5. The van der Waals surface area contributed by atoms with Crippen LogP contribution in [0.5, 0.6) is 0 Å². The minimum atomic E-state index is -4.47. The molecule has 15 heteroatoms. The number of hydrogen-bond donors (Lipinski definition) is 3. The van der Waals surface area contributed by atoms with E-state index >= 15 is 0 Å². The summed E-state index contributed by atoms with van der Waals surface area (Å²) < 4.78 is 36.4. The van der Waals surface area contributed by atoms with Crippen LogP contribution in [0.3, 0.4) is 0 Å². The van der Waals surface area contributed by atoms with Gasteiger partial charge < -0.3 is 14.6 Å². The lowest BCUT2D eigenvalue weighted by molar-refractivity contribution is -0.384. The van der Waals surface area contributed by atoms with Gasteiger partial charge in [-0.15, -0.1) is 11.8 Å². The number of carbonyl (C=O) groups is 1. The molecule has 5 aromatic carbocycles. The van der Waals surface area contributed by atoms with E-state index in [-0.39, 0.29) is 17.3 Å². The third kappa shape index (κ3) is 9.89. The summed E-state index contributed by atoms with van der Waals surface area (Å²) in [6.07, 6.45) is 0.615. The zero-order valence-corrected chi connectivity index (χ0v) is 34.2. The van der Waals surface area contributed by atoms with Crippen molar-refractivity contribution in [1.29, 1.82) is 0 Å². The van der Waals surface area contributed by atoms with Crippen LogP contribution in [0.2, 0.25) is 5.02 Å². The monoisotopic (exact) mass is 838 g/mol. The highest BCUT2D eigenvalue weighted by molar-refractivity contribution is 7.99. The lowest BCUT2D eigenvalue weighted by atomic mass is 9.99. The van der Waals surface area contributed by atoms with E-state index in [9.17, 15) is 23.3 Å². The smallest absolute Gasteiger partial charge is 0.293 e. The van der Waals surface area contributed by atoms with E-state index in [1.807, 2.05) is 78.9 Å². The molecule has 1 aromatic heterocycles. The molecule has 0 aliphatic carbocycles. The highest BCUT2D eigenvalue weighted by Gasteiger charge is 2.26. The Kier molecular flexibility index (Phi) is 13.1. The molecule has 0 bridgehead atoms. The Morgan fingerprint density at radius 1 is 0.948 bits per heavy atom. The second-order valence-corrected chi connectivity index (χ2v) is 17.2. The predicted octanol–water partition coefficient (Wildman–Crippen LogP) is 8.16. The second kappa shape index (κ2) is 18.6. The molecule has 1 aliphatic rings. The van der Waals surface area contributed by atoms with Crippen molar-refractivity contribution in [2.75, 3.05) is 38.0 Å². The number of nitro benzene ring substituents is 1. The van der Waals surface area contributed by atoms with Gasteiger partial charge in [0.25, 0.3) is 21.6 Å². The summed E-state index contributed by atoms with van der Waals surface area (Å²) in [7, 11) is -2.89. The fourth-order valence-corrected chi connectivity index (χ4v) is 9.24. The highest BCUT2D eigenvalue weighted by Crippen LogP contribution is 2.32. The summed E-state index contributed by atoms with van der Waals surface area (Å²) in [5.74, 6) is -0.239. The molecule has 0 saturated heterocycles. The van der Waals surface area contributed by atoms with Crippen molar-refractivity contribution in [2.24, 2.45) is 0 Å². The molecular weight excluding hydrogens is 796 g/mol. The van der Waals surface area contributed by atoms with Crippen molar-refractivity contribution in [3.63, 3.8) is 0 Å². The van der Waals surface area contributed by atoms with E-state index in [0.29, 0.717) is 37.0 Å². The number of methoxy groups -OCH3 is 1. The topological polar surface area (TPSA) is 148 Å². The number of amides is 1. The maximum absolute atomic E-state index is 13.5. The summed E-state index contributed by atoms with van der Waals surface area (Å²) in [4.78, 5) is 28.1. The van der Waals surface area contributed by atoms with Gasteiger partial charge in [-0.25, -0.2) is 13.1 Å². The Morgan fingerprint density at radius 2 is 1.72 bits per heavy atom. The van der Waals surface area contributed by atoms with Gasteiger partial charge in [0, 0.05) is 83.2 Å². The number of nitrogens with zero attached hydrogens (tertiary/aromatic N) is 3. The summed E-state index contributed by atoms with van der Waals surface area (Å²) in [5.41, 5.74) is 5.41. The van der Waals surface area contributed by atoms with Crippen molar-refractivity contribution < 1.29 is 22.9 Å². The number of rotatable bonds is 17. The number of sulfonamides is 1. The van der Waals surface area contributed by atoms with E-state index in [1.54, 1.807) is 31.0 Å². The number of benzene rings is 5. The van der Waals surface area contributed by atoms with Gasteiger partial charge in [-0.1, -0.05) is 66.2 Å². The lowest BCUT2D eigenvalue weighted by Gasteiger charge is -2.29. The molecule has 1 aliphatic heterocycles. The van der Waals surface area contributed by atoms with Gasteiger partial charge in [-0.2, -0.15) is 0 Å². The first kappa shape index (κ1) is 41.0. The normalized spacial score (nSPS) is 13.6. The largest absolute Gasteiger partial charge is 0.376 e. The molecule has 0 fully saturated rings. The summed E-state index contributed by atoms with van der Waals surface area (Å²) >= 11 is 7.74. The third-order valence-corrected chi connectivity index (χ3v) is 12.8. The Hall–Kier alpha value is -5.22. The van der Waals surface area contributed by atoms with Gasteiger partial charge in [-0.05, 0) is 90.3 Å². The second-order valence-electron chi connectivity index (χ2n) is 14.0. The van der Waals surface area contributed by atoms with Crippen LogP contribution in [0.1, 0.15) is 28.0 Å². The summed E-state index contributed by atoms with van der Waals surface area (Å²) in [5, 5.41) is 20.2. The number of ether oxygens (including phenoxy) is 1. The van der Waals surface area contributed by atoms with Crippen molar-refractivity contribution in [3.8, 4) is 11.1 Å². The standard InChI is InChI=1S/C43H43ClN6O6S2/c1-56-29-45-20-19-35(28-57-37-8-3-2-4-9-37)46-40-17-16-38(25-42(40)50(52)53)58(54,55)47-43(51)31-13-18-41-33(23-31)24-36-27-48(21-22-49(36)41)26-32-7-5-6-10-39(32)30-11-14-34(44)15-12-30/h2-18,23-25,35,45-46H,19-22,26-29H2,1H3,(H,47,51). The Bertz CT molecular complexity index is 2520. The zero-order chi connectivity index (χ0) is 40.6. The Morgan fingerprint density at radius 3 is 2.50 bits per heavy atom. The van der Waals surface area contributed by atoms with E-state index in [4.69, 9.17) is 16.3 Å². The van der Waals surface area contributed by atoms with Crippen LogP contribution in [0.15, 0.2) is 131 Å². The molecule has 7 rings (SSSR count). The van der Waals surface area contributed by atoms with E-state index in [0.717, 1.165) is 58.3 Å². The molecule has 1 amide bonds. The Balaban J connectivity index is 1.03. The van der Waals surface area contributed by atoms with Crippen molar-refractivity contribution in [3.05, 3.63) is 153 Å². The number of carbonyl (C=O) groups excluding carboxylic acids is 1. The van der Waals surface area contributed by atoms with Crippen LogP contribution in [0.4, 0.5) is 11.4 Å². The first-order valence-electron chi connectivity index (χ1n) is 18.8. The number of aromatic nitrogens is 1. The fourth-order valence-electron chi connectivity index (χ4n) is 7.13. The molecule has 0 saturated carbocycles. The van der Waals surface area contributed by atoms with Crippen molar-refractivity contribution in [1.82, 2.24) is 19.5 Å². The first-order valence-corrected chi connectivity index (χ1v) is 21.6. The molecule has 3 N–H and O–H groups in total. The summed E-state index contributed by atoms with van der Waals surface area (Å²) in [6, 6.07) is 36.5. The van der Waals surface area contributed by atoms with E-state index in [2.05, 4.69) is 37.0 Å². The molecule has 2 heterocycles. The molecule has 58 heavy (non-hydrogen) atoms. The number of thioether (sulfide) groups is 1. The number of halogens is 1. The molecule has 6 aromatic rings. The molecule has 1 unspecified atom stereocenters. The van der Waals surface area contributed by atoms with Gasteiger partial charge in [-0.3, -0.25) is 25.1 Å². The van der Waals surface area contributed by atoms with E-state index in [1.165, 1.54) is 17.7 Å². The van der Waals surface area contributed by atoms with Gasteiger partial charge in [0.1, 0.15) is 5.69 Å². The molecule has 0 radical (unpaired) electrons. The van der Waals surface area contributed by atoms with Crippen LogP contribution in [-0.2, 0) is 34.4 Å². The van der Waals surface area contributed by atoms with Crippen LogP contribution < -0.4 is 15.4 Å². The molecule has 12 nitrogen and oxygen atoms in total. The van der Waals surface area contributed by atoms with Crippen molar-refractivity contribution in [2.45, 2.75) is 41.9 Å². The summed E-state index contributed by atoms with van der Waals surface area (Å²) in [6.45, 7) is 3.97. The molecular formula is C43H43ClN6O6S2. The minimum Gasteiger partial charge on any atom is -0.376 e. The quantitative estimate of drug-likeness (QED) is 0.0270. The SMILES string of the molecule is COCNCCC(CSc1ccccc1)Nc1ccc(S(=O)(=O)NC(=O)c2ccc3c(c2)cc2n3CCN(Cc3ccccc3-c3ccc(Cl)cc3)C2)cc1[N+](=O)[O-]. The highest BCUT2D eigenvalue weighted by atomic mass is 35.5. The van der Waals surface area contributed by atoms with Gasteiger partial charge in [0.05, 0.1) is 16.5 Å². The third-order valence-electron chi connectivity index (χ3n) is 10.0. The van der Waals surface area contributed by atoms with Gasteiger partial charge in [0.2, 0.25) is 0 Å². The molecule has 0 spiro atoms. The molecule has 300 valence electrons. The van der Waals surface area contributed by atoms with Crippen LogP contribution in [-0.4, -0.2) is 67.4 Å². The number of nitrogens with one attached hydrogen (secondary N) is 3. The van der Waals surface area contributed by atoms with Crippen LogP contribution in [0.25, 0.3) is 22.0 Å². The van der Waals surface area contributed by atoms with Gasteiger partial charge in [0.15, 0.2) is 0 Å². The maximum Gasteiger partial charge on any atom is 0.293 e. The predicted molar refractivity (Wildman–Crippen MR) is 230 cm³/mol. The first-order chi connectivity index (χ1) is 28.1. The Labute approximate surface area is 346 Å². The lowest BCUT2D eigenvalue weighted by Crippen LogP contribution is -2.33. The number of anilines is 1. The number of hydrogen-bond acceptors (Lipinski definition) is 10. The van der Waals surface area contributed by atoms with Crippen LogP contribution in [0, 0.1) is 10.1 Å². The average Bonchev–Trinajstić information content (AvgIpc) is 3.59. The van der Waals surface area contributed by atoms with Gasteiger partial charge >= 0.3 is 0 Å². The van der Waals surface area contributed by atoms with Crippen molar-refractivity contribution >= 4 is 61.6 Å². The molecule has 1 atom stereocenters. The number of fused-ring (bicyclic) bond motifs is 3. The fraction of sp³-hybridized carbons (Fsp3) is 0.233. The van der Waals surface area contributed by atoms with Crippen LogP contribution >= 0.6 is 23.4 Å². The van der Waals surface area contributed by atoms with E-state index < -0.39 is 31.4 Å². The zero-order valence-electron chi connectivity index (χ0n) is 31.8. The number of nitro groups is 1. The minimum absolute atomic E-state index is 0.154.